The van der Waals surface area contributed by atoms with Gasteiger partial charge in [-0.2, -0.15) is 0 Å². The molecule has 94 valence electrons. The van der Waals surface area contributed by atoms with Gasteiger partial charge in [-0.25, -0.2) is 4.79 Å². The van der Waals surface area contributed by atoms with E-state index < -0.39 is 5.97 Å². The van der Waals surface area contributed by atoms with Crippen molar-refractivity contribution in [2.75, 3.05) is 27.4 Å². The molecule has 0 atom stereocenters. The molecular formula is C12H16O5. The quantitative estimate of drug-likeness (QED) is 0.707. The molecule has 0 spiro atoms. The summed E-state index contributed by atoms with van der Waals surface area (Å²) in [6.45, 7) is 1.92. The molecule has 0 radical (unpaired) electrons. The Balaban J connectivity index is 2.73. The molecule has 1 aromatic rings. The first-order valence-corrected chi connectivity index (χ1v) is 5.22. The Morgan fingerprint density at radius 1 is 1.18 bits per heavy atom. The van der Waals surface area contributed by atoms with Gasteiger partial charge in [0.1, 0.15) is 0 Å². The molecule has 1 aromatic carbocycles. The van der Waals surface area contributed by atoms with Crippen LogP contribution in [-0.4, -0.2) is 33.4 Å². The van der Waals surface area contributed by atoms with Gasteiger partial charge in [0.05, 0.1) is 20.8 Å². The molecule has 0 N–H and O–H groups in total. The summed E-state index contributed by atoms with van der Waals surface area (Å²) in [5.74, 6) is 1.03. The zero-order valence-corrected chi connectivity index (χ0v) is 10.2. The minimum atomic E-state index is -0.419. The number of hydrogen-bond acceptors (Lipinski definition) is 5. The van der Waals surface area contributed by atoms with Crippen LogP contribution in [0, 0.1) is 0 Å². The molecule has 0 saturated carbocycles. The maximum Gasteiger partial charge on any atom is 0.344 e. The van der Waals surface area contributed by atoms with Gasteiger partial charge in [0.15, 0.2) is 18.1 Å². The topological polar surface area (TPSA) is 54.0 Å². The maximum atomic E-state index is 11.2. The highest BCUT2D eigenvalue weighted by Crippen LogP contribution is 2.36. The van der Waals surface area contributed by atoms with Crippen LogP contribution in [0.5, 0.6) is 17.2 Å². The Bertz CT molecular complexity index is 375. The fraction of sp³-hybridized carbons (Fsp3) is 0.417. The van der Waals surface area contributed by atoms with E-state index in [1.165, 1.54) is 14.2 Å². The van der Waals surface area contributed by atoms with Gasteiger partial charge in [-0.05, 0) is 19.1 Å². The number of hydrogen-bond donors (Lipinski definition) is 0. The standard InChI is InChI=1S/C12H16O5/c1-4-16-11(13)8-17-10-7-5-6-9(14-2)12(10)15-3/h5-7H,4,8H2,1-3H3. The molecule has 0 bridgehead atoms. The summed E-state index contributed by atoms with van der Waals surface area (Å²) < 4.78 is 20.3. The monoisotopic (exact) mass is 240 g/mol. The van der Waals surface area contributed by atoms with Gasteiger partial charge >= 0.3 is 5.97 Å². The van der Waals surface area contributed by atoms with Crippen LogP contribution in [0.1, 0.15) is 6.92 Å². The molecule has 0 saturated heterocycles. The second-order valence-electron chi connectivity index (χ2n) is 3.09. The lowest BCUT2D eigenvalue weighted by Gasteiger charge is -2.12. The Kier molecular flexibility index (Phi) is 5.13. The summed E-state index contributed by atoms with van der Waals surface area (Å²) in [5.41, 5.74) is 0. The predicted octanol–water partition coefficient (Wildman–Crippen LogP) is 1.65. The molecule has 0 aromatic heterocycles. The molecule has 1 rings (SSSR count). The van der Waals surface area contributed by atoms with E-state index in [2.05, 4.69) is 0 Å². The molecule has 0 amide bonds. The number of rotatable bonds is 6. The lowest BCUT2D eigenvalue weighted by molar-refractivity contribution is -0.145. The number of para-hydroxylation sites is 1. The largest absolute Gasteiger partial charge is 0.493 e. The van der Waals surface area contributed by atoms with Crippen LogP contribution in [0.4, 0.5) is 0 Å². The Morgan fingerprint density at radius 2 is 1.88 bits per heavy atom. The summed E-state index contributed by atoms with van der Waals surface area (Å²) in [7, 11) is 3.04. The molecule has 5 heteroatoms. The van der Waals surface area contributed by atoms with Gasteiger partial charge in [0.25, 0.3) is 0 Å². The lowest BCUT2D eigenvalue weighted by atomic mass is 10.3. The normalized spacial score (nSPS) is 9.59. The minimum Gasteiger partial charge on any atom is -0.493 e. The average Bonchev–Trinajstić information content (AvgIpc) is 2.36. The van der Waals surface area contributed by atoms with Crippen molar-refractivity contribution < 1.29 is 23.7 Å². The molecule has 0 fully saturated rings. The number of esters is 1. The third kappa shape index (κ3) is 3.55. The SMILES string of the molecule is CCOC(=O)COc1cccc(OC)c1OC. The van der Waals surface area contributed by atoms with Crippen molar-refractivity contribution in [3.8, 4) is 17.2 Å². The number of benzene rings is 1. The van der Waals surface area contributed by atoms with Crippen LogP contribution in [0.3, 0.4) is 0 Å². The summed E-state index contributed by atoms with van der Waals surface area (Å²) in [6, 6.07) is 5.19. The lowest BCUT2D eigenvalue weighted by Crippen LogP contribution is -2.14. The van der Waals surface area contributed by atoms with Crippen LogP contribution in [-0.2, 0) is 9.53 Å². The fourth-order valence-electron chi connectivity index (χ4n) is 1.31. The van der Waals surface area contributed by atoms with Crippen molar-refractivity contribution in [3.05, 3.63) is 18.2 Å². The molecule has 5 nitrogen and oxygen atoms in total. The van der Waals surface area contributed by atoms with Crippen molar-refractivity contribution in [1.82, 2.24) is 0 Å². The molecule has 0 aliphatic heterocycles. The Labute approximate surface area is 100 Å². The minimum absolute atomic E-state index is 0.155. The molecule has 0 unspecified atom stereocenters. The summed E-state index contributed by atoms with van der Waals surface area (Å²) in [6.07, 6.45) is 0. The first kappa shape index (κ1) is 13.2. The Morgan fingerprint density at radius 3 is 2.47 bits per heavy atom. The van der Waals surface area contributed by atoms with E-state index in [1.807, 2.05) is 0 Å². The van der Waals surface area contributed by atoms with Crippen LogP contribution >= 0.6 is 0 Å². The molecule has 0 aliphatic carbocycles. The van der Waals surface area contributed by atoms with Gasteiger partial charge < -0.3 is 18.9 Å². The van der Waals surface area contributed by atoms with Crippen LogP contribution < -0.4 is 14.2 Å². The number of carbonyl (C=O) groups is 1. The van der Waals surface area contributed by atoms with Gasteiger partial charge in [0, 0.05) is 0 Å². The fourth-order valence-corrected chi connectivity index (χ4v) is 1.31. The zero-order valence-electron chi connectivity index (χ0n) is 10.2. The summed E-state index contributed by atoms with van der Waals surface area (Å²) in [4.78, 5) is 11.2. The second kappa shape index (κ2) is 6.62. The van der Waals surface area contributed by atoms with E-state index in [4.69, 9.17) is 18.9 Å². The highest BCUT2D eigenvalue weighted by molar-refractivity contribution is 5.71. The van der Waals surface area contributed by atoms with E-state index in [0.717, 1.165) is 0 Å². The number of carbonyl (C=O) groups excluding carboxylic acids is 1. The zero-order chi connectivity index (χ0) is 12.7. The average molecular weight is 240 g/mol. The molecular weight excluding hydrogens is 224 g/mol. The number of ether oxygens (including phenoxy) is 4. The second-order valence-corrected chi connectivity index (χ2v) is 3.09. The highest BCUT2D eigenvalue weighted by atomic mass is 16.6. The third-order valence-corrected chi connectivity index (χ3v) is 2.02. The van der Waals surface area contributed by atoms with Gasteiger partial charge in [0.2, 0.25) is 5.75 Å². The van der Waals surface area contributed by atoms with Gasteiger partial charge in [-0.3, -0.25) is 0 Å². The predicted molar refractivity (Wildman–Crippen MR) is 61.7 cm³/mol. The molecule has 0 heterocycles. The summed E-state index contributed by atoms with van der Waals surface area (Å²) in [5, 5.41) is 0. The van der Waals surface area contributed by atoms with Gasteiger partial charge in [-0.15, -0.1) is 0 Å². The summed E-state index contributed by atoms with van der Waals surface area (Å²) >= 11 is 0. The van der Waals surface area contributed by atoms with Crippen LogP contribution in [0.2, 0.25) is 0 Å². The first-order valence-electron chi connectivity index (χ1n) is 5.22. The Hall–Kier alpha value is -1.91. The molecule has 0 aliphatic rings. The van der Waals surface area contributed by atoms with Crippen LogP contribution in [0.15, 0.2) is 18.2 Å². The van der Waals surface area contributed by atoms with Crippen molar-refractivity contribution in [3.63, 3.8) is 0 Å². The van der Waals surface area contributed by atoms with E-state index in [1.54, 1.807) is 25.1 Å². The van der Waals surface area contributed by atoms with E-state index in [9.17, 15) is 4.79 Å². The van der Waals surface area contributed by atoms with E-state index in [-0.39, 0.29) is 6.61 Å². The smallest absolute Gasteiger partial charge is 0.344 e. The maximum absolute atomic E-state index is 11.2. The first-order chi connectivity index (χ1) is 8.22. The number of methoxy groups -OCH3 is 2. The van der Waals surface area contributed by atoms with Crippen molar-refractivity contribution in [2.24, 2.45) is 0 Å². The van der Waals surface area contributed by atoms with E-state index in [0.29, 0.717) is 23.9 Å². The third-order valence-electron chi connectivity index (χ3n) is 2.02. The van der Waals surface area contributed by atoms with Crippen molar-refractivity contribution >= 4 is 5.97 Å². The van der Waals surface area contributed by atoms with Crippen molar-refractivity contribution in [1.29, 1.82) is 0 Å². The van der Waals surface area contributed by atoms with E-state index >= 15 is 0 Å². The molecule has 17 heavy (non-hydrogen) atoms. The van der Waals surface area contributed by atoms with Crippen LogP contribution in [0.25, 0.3) is 0 Å². The van der Waals surface area contributed by atoms with Crippen molar-refractivity contribution in [2.45, 2.75) is 6.92 Å². The highest BCUT2D eigenvalue weighted by Gasteiger charge is 2.12. The van der Waals surface area contributed by atoms with Gasteiger partial charge in [-0.1, -0.05) is 6.07 Å².